The molecule has 0 saturated heterocycles. The van der Waals surface area contributed by atoms with Crippen molar-refractivity contribution in [2.24, 2.45) is 5.73 Å². The third-order valence-electron chi connectivity index (χ3n) is 1.57. The molecule has 0 fully saturated rings. The van der Waals surface area contributed by atoms with Crippen molar-refractivity contribution >= 4 is 0 Å². The van der Waals surface area contributed by atoms with Gasteiger partial charge in [-0.2, -0.15) is 0 Å². The summed E-state index contributed by atoms with van der Waals surface area (Å²) in [4.78, 5) is 4.09. The maximum absolute atomic E-state index is 11.7. The number of ether oxygens (including phenoxy) is 1. The van der Waals surface area contributed by atoms with Gasteiger partial charge in [0.2, 0.25) is 0 Å². The zero-order valence-electron chi connectivity index (χ0n) is 7.62. The molecule has 0 radical (unpaired) electrons. The molecule has 1 heterocycles. The predicted octanol–water partition coefficient (Wildman–Crippen LogP) is 1.32. The van der Waals surface area contributed by atoms with E-state index in [0.29, 0.717) is 12.2 Å². The zero-order valence-corrected chi connectivity index (χ0v) is 7.62. The second-order valence-corrected chi connectivity index (χ2v) is 2.73. The second kappa shape index (κ2) is 5.62. The number of rotatable bonds is 5. The number of aromatic nitrogens is 1. The smallest absolute Gasteiger partial charge is 0.261 e. The number of alkyl halides is 2. The highest BCUT2D eigenvalue weighted by molar-refractivity contribution is 5.10. The van der Waals surface area contributed by atoms with Gasteiger partial charge in [0, 0.05) is 6.54 Å². The number of pyridine rings is 1. The third kappa shape index (κ3) is 3.76. The molecule has 1 aromatic rings. The Labute approximate surface area is 80.9 Å². The minimum atomic E-state index is -2.44. The second-order valence-electron chi connectivity index (χ2n) is 2.73. The molecule has 14 heavy (non-hydrogen) atoms. The molecular formula is C9H12F2N2O. The van der Waals surface area contributed by atoms with Crippen LogP contribution >= 0.6 is 0 Å². The van der Waals surface area contributed by atoms with E-state index >= 15 is 0 Å². The van der Waals surface area contributed by atoms with Gasteiger partial charge in [-0.05, 0) is 12.1 Å². The fraction of sp³-hybridized carbons (Fsp3) is 0.444. The fourth-order valence-electron chi connectivity index (χ4n) is 0.976. The lowest BCUT2D eigenvalue weighted by Crippen LogP contribution is -2.07. The summed E-state index contributed by atoms with van der Waals surface area (Å²) in [5, 5.41) is 0. The molecule has 0 aliphatic rings. The van der Waals surface area contributed by atoms with Crippen molar-refractivity contribution in [3.05, 3.63) is 29.6 Å². The molecule has 78 valence electrons. The van der Waals surface area contributed by atoms with Crippen LogP contribution in [0.4, 0.5) is 8.78 Å². The van der Waals surface area contributed by atoms with Crippen molar-refractivity contribution in [1.82, 2.24) is 4.98 Å². The Bertz CT molecular complexity index is 281. The summed E-state index contributed by atoms with van der Waals surface area (Å²) in [6.45, 7) is -0.130. The highest BCUT2D eigenvalue weighted by Gasteiger charge is 2.02. The summed E-state index contributed by atoms with van der Waals surface area (Å²) in [5.41, 5.74) is 6.72. The molecular weight excluding hydrogens is 190 g/mol. The average molecular weight is 202 g/mol. The molecule has 0 aliphatic carbocycles. The van der Waals surface area contributed by atoms with Gasteiger partial charge >= 0.3 is 0 Å². The van der Waals surface area contributed by atoms with Crippen LogP contribution in [0.3, 0.4) is 0 Å². The van der Waals surface area contributed by atoms with Gasteiger partial charge in [-0.1, -0.05) is 6.07 Å². The summed E-state index contributed by atoms with van der Waals surface area (Å²) < 4.78 is 28.2. The molecule has 2 N–H and O–H groups in total. The Morgan fingerprint density at radius 1 is 1.36 bits per heavy atom. The van der Waals surface area contributed by atoms with Crippen molar-refractivity contribution in [2.45, 2.75) is 19.6 Å². The summed E-state index contributed by atoms with van der Waals surface area (Å²) in [5.74, 6) is 0. The van der Waals surface area contributed by atoms with Crippen LogP contribution < -0.4 is 5.73 Å². The molecule has 1 aromatic heterocycles. The first-order chi connectivity index (χ1) is 6.72. The van der Waals surface area contributed by atoms with Gasteiger partial charge < -0.3 is 10.5 Å². The summed E-state index contributed by atoms with van der Waals surface area (Å²) in [6, 6.07) is 5.26. The molecule has 0 saturated carbocycles. The predicted molar refractivity (Wildman–Crippen MR) is 47.8 cm³/mol. The SMILES string of the molecule is NCc1cccc(COCC(F)F)n1. The van der Waals surface area contributed by atoms with Gasteiger partial charge in [0.15, 0.2) is 0 Å². The Hall–Kier alpha value is -1.07. The first kappa shape index (κ1) is 11.0. The summed E-state index contributed by atoms with van der Waals surface area (Å²) >= 11 is 0. The number of hydrogen-bond donors (Lipinski definition) is 1. The van der Waals surface area contributed by atoms with Gasteiger partial charge in [-0.15, -0.1) is 0 Å². The zero-order chi connectivity index (χ0) is 10.4. The molecule has 0 bridgehead atoms. The average Bonchev–Trinajstić information content (AvgIpc) is 2.18. The lowest BCUT2D eigenvalue weighted by atomic mass is 10.3. The maximum atomic E-state index is 11.7. The van der Waals surface area contributed by atoms with Crippen LogP contribution in [0.5, 0.6) is 0 Å². The standard InChI is InChI=1S/C9H12F2N2O/c10-9(11)6-14-5-8-3-1-2-7(4-12)13-8/h1-3,9H,4-6,12H2. The van der Waals surface area contributed by atoms with Crippen molar-refractivity contribution in [1.29, 1.82) is 0 Å². The van der Waals surface area contributed by atoms with E-state index in [9.17, 15) is 8.78 Å². The van der Waals surface area contributed by atoms with Crippen LogP contribution in [0.15, 0.2) is 18.2 Å². The molecule has 0 amide bonds. The number of hydrogen-bond acceptors (Lipinski definition) is 3. The fourth-order valence-corrected chi connectivity index (χ4v) is 0.976. The van der Waals surface area contributed by atoms with Crippen LogP contribution in [0.2, 0.25) is 0 Å². The van der Waals surface area contributed by atoms with Crippen LogP contribution in [-0.4, -0.2) is 18.0 Å². The number of nitrogens with zero attached hydrogens (tertiary/aromatic N) is 1. The molecule has 0 atom stereocenters. The van der Waals surface area contributed by atoms with Crippen molar-refractivity contribution in [3.8, 4) is 0 Å². The molecule has 5 heteroatoms. The molecule has 0 aromatic carbocycles. The molecule has 0 unspecified atom stereocenters. The van der Waals surface area contributed by atoms with Crippen LogP contribution in [0.25, 0.3) is 0 Å². The lowest BCUT2D eigenvalue weighted by molar-refractivity contribution is 0.00879. The monoisotopic (exact) mass is 202 g/mol. The quantitative estimate of drug-likeness (QED) is 0.783. The van der Waals surface area contributed by atoms with Gasteiger partial charge in [0.05, 0.1) is 18.0 Å². The molecule has 0 aliphatic heterocycles. The van der Waals surface area contributed by atoms with Crippen LogP contribution in [-0.2, 0) is 17.9 Å². The van der Waals surface area contributed by atoms with E-state index < -0.39 is 13.0 Å². The highest BCUT2D eigenvalue weighted by atomic mass is 19.3. The molecule has 1 rings (SSSR count). The van der Waals surface area contributed by atoms with Crippen molar-refractivity contribution in [3.63, 3.8) is 0 Å². The number of halogens is 2. The van der Waals surface area contributed by atoms with E-state index in [4.69, 9.17) is 10.5 Å². The van der Waals surface area contributed by atoms with E-state index in [1.165, 1.54) is 0 Å². The first-order valence-corrected chi connectivity index (χ1v) is 4.23. The molecule has 3 nitrogen and oxygen atoms in total. The largest absolute Gasteiger partial charge is 0.369 e. The Morgan fingerprint density at radius 3 is 2.71 bits per heavy atom. The topological polar surface area (TPSA) is 48.1 Å². The van der Waals surface area contributed by atoms with E-state index in [0.717, 1.165) is 5.69 Å². The Kier molecular flexibility index (Phi) is 4.42. The lowest BCUT2D eigenvalue weighted by Gasteiger charge is -2.04. The van der Waals surface area contributed by atoms with Crippen molar-refractivity contribution in [2.75, 3.05) is 6.61 Å². The van der Waals surface area contributed by atoms with Gasteiger partial charge in [0.1, 0.15) is 6.61 Å². The Balaban J connectivity index is 2.42. The first-order valence-electron chi connectivity index (χ1n) is 4.23. The van der Waals surface area contributed by atoms with E-state index in [2.05, 4.69) is 4.98 Å². The maximum Gasteiger partial charge on any atom is 0.261 e. The van der Waals surface area contributed by atoms with Gasteiger partial charge in [0.25, 0.3) is 6.43 Å². The Morgan fingerprint density at radius 2 is 2.07 bits per heavy atom. The van der Waals surface area contributed by atoms with Crippen LogP contribution in [0, 0.1) is 0 Å². The summed E-state index contributed by atoms with van der Waals surface area (Å²) in [6.07, 6.45) is -2.44. The van der Waals surface area contributed by atoms with Gasteiger partial charge in [-0.3, -0.25) is 4.98 Å². The van der Waals surface area contributed by atoms with E-state index in [1.54, 1.807) is 18.2 Å². The van der Waals surface area contributed by atoms with Gasteiger partial charge in [-0.25, -0.2) is 8.78 Å². The molecule has 0 spiro atoms. The third-order valence-corrected chi connectivity index (χ3v) is 1.57. The number of nitrogens with two attached hydrogens (primary N) is 1. The minimum absolute atomic E-state index is 0.0954. The minimum Gasteiger partial charge on any atom is -0.369 e. The summed E-state index contributed by atoms with van der Waals surface area (Å²) in [7, 11) is 0. The van der Waals surface area contributed by atoms with Crippen LogP contribution in [0.1, 0.15) is 11.4 Å². The highest BCUT2D eigenvalue weighted by Crippen LogP contribution is 2.02. The van der Waals surface area contributed by atoms with E-state index in [1.807, 2.05) is 0 Å². The normalized spacial score (nSPS) is 10.9. The van der Waals surface area contributed by atoms with Crippen molar-refractivity contribution < 1.29 is 13.5 Å². The van der Waals surface area contributed by atoms with E-state index in [-0.39, 0.29) is 6.61 Å².